The number of anilines is 2. The van der Waals surface area contributed by atoms with Crippen LogP contribution < -0.4 is 10.6 Å². The zero-order valence-corrected chi connectivity index (χ0v) is 13.1. The van der Waals surface area contributed by atoms with E-state index in [0.29, 0.717) is 5.92 Å². The quantitative estimate of drug-likeness (QED) is 0.761. The minimum Gasteiger partial charge on any atom is -0.373 e. The fraction of sp³-hybridized carbons (Fsp3) is 0.412. The Kier molecular flexibility index (Phi) is 5.55. The largest absolute Gasteiger partial charge is 0.373 e. The van der Waals surface area contributed by atoms with E-state index in [1.807, 2.05) is 13.1 Å². The van der Waals surface area contributed by atoms with Crippen molar-refractivity contribution in [2.45, 2.75) is 32.6 Å². The molecule has 2 N–H and O–H groups in total. The second-order valence-electron chi connectivity index (χ2n) is 5.42. The van der Waals surface area contributed by atoms with Crippen molar-refractivity contribution in [2.24, 2.45) is 0 Å². The van der Waals surface area contributed by atoms with Gasteiger partial charge in [-0.25, -0.2) is 9.97 Å². The molecule has 1 aromatic carbocycles. The summed E-state index contributed by atoms with van der Waals surface area (Å²) in [7, 11) is 1.88. The van der Waals surface area contributed by atoms with Crippen LogP contribution in [0, 0.1) is 0 Å². The summed E-state index contributed by atoms with van der Waals surface area (Å²) in [6.07, 6.45) is 2.16. The number of hydrogen-bond donors (Lipinski definition) is 2. The zero-order valence-electron chi connectivity index (χ0n) is 13.1. The lowest BCUT2D eigenvalue weighted by Crippen LogP contribution is -2.09. The van der Waals surface area contributed by atoms with Crippen LogP contribution in [0.1, 0.15) is 37.6 Å². The molecule has 0 aliphatic heterocycles. The van der Waals surface area contributed by atoms with E-state index in [1.54, 1.807) is 0 Å². The van der Waals surface area contributed by atoms with Crippen molar-refractivity contribution in [1.29, 1.82) is 0 Å². The first-order valence-corrected chi connectivity index (χ1v) is 7.53. The maximum Gasteiger partial charge on any atom is 0.135 e. The molecule has 2 aromatic rings. The molecule has 4 nitrogen and oxygen atoms in total. The molecular weight excluding hydrogens is 260 g/mol. The van der Waals surface area contributed by atoms with Crippen molar-refractivity contribution >= 4 is 11.6 Å². The molecule has 2 rings (SSSR count). The van der Waals surface area contributed by atoms with Crippen LogP contribution in [-0.4, -0.2) is 23.6 Å². The molecule has 0 spiro atoms. The normalized spacial score (nSPS) is 10.7. The summed E-state index contributed by atoms with van der Waals surface area (Å²) in [5.41, 5.74) is 1.38. The molecule has 0 amide bonds. The van der Waals surface area contributed by atoms with E-state index in [-0.39, 0.29) is 0 Å². The highest BCUT2D eigenvalue weighted by molar-refractivity contribution is 5.47. The second kappa shape index (κ2) is 7.62. The van der Waals surface area contributed by atoms with Crippen LogP contribution in [-0.2, 0) is 6.42 Å². The van der Waals surface area contributed by atoms with Gasteiger partial charge in [0, 0.05) is 25.6 Å². The molecule has 0 bridgehead atoms. The Balaban J connectivity index is 1.89. The fourth-order valence-corrected chi connectivity index (χ4v) is 2.10. The van der Waals surface area contributed by atoms with Crippen molar-refractivity contribution < 1.29 is 0 Å². The van der Waals surface area contributed by atoms with Gasteiger partial charge in [-0.05, 0) is 18.4 Å². The van der Waals surface area contributed by atoms with Crippen molar-refractivity contribution in [3.05, 3.63) is 47.8 Å². The summed E-state index contributed by atoms with van der Waals surface area (Å²) in [5.74, 6) is 2.95. The SMILES string of the molecule is CNc1cc(NCCCc2ccccc2)nc(C(C)C)n1. The molecule has 0 aliphatic rings. The number of hydrogen-bond acceptors (Lipinski definition) is 4. The van der Waals surface area contributed by atoms with Crippen LogP contribution in [0.2, 0.25) is 0 Å². The molecule has 0 saturated carbocycles. The third-order valence-corrected chi connectivity index (χ3v) is 3.31. The minimum absolute atomic E-state index is 0.322. The highest BCUT2D eigenvalue weighted by atomic mass is 15.1. The topological polar surface area (TPSA) is 49.8 Å². The standard InChI is InChI=1S/C17H24N4/c1-13(2)17-20-15(18-3)12-16(21-17)19-11-7-10-14-8-5-4-6-9-14/h4-6,8-9,12-13H,7,10-11H2,1-3H3,(H2,18,19,20,21). The lowest BCUT2D eigenvalue weighted by atomic mass is 10.1. The van der Waals surface area contributed by atoms with Crippen molar-refractivity contribution in [1.82, 2.24) is 9.97 Å². The molecule has 0 unspecified atom stereocenters. The fourth-order valence-electron chi connectivity index (χ4n) is 2.10. The lowest BCUT2D eigenvalue weighted by molar-refractivity contribution is 0.773. The molecule has 0 atom stereocenters. The number of nitrogens with zero attached hydrogens (tertiary/aromatic N) is 2. The van der Waals surface area contributed by atoms with E-state index >= 15 is 0 Å². The van der Waals surface area contributed by atoms with Crippen LogP contribution in [0.25, 0.3) is 0 Å². The highest BCUT2D eigenvalue weighted by Gasteiger charge is 2.07. The predicted octanol–water partition coefficient (Wildman–Crippen LogP) is 3.69. The summed E-state index contributed by atoms with van der Waals surface area (Å²) in [6.45, 7) is 5.12. The average molecular weight is 284 g/mol. The van der Waals surface area contributed by atoms with E-state index in [1.165, 1.54) is 5.56 Å². The van der Waals surface area contributed by atoms with E-state index in [2.05, 4.69) is 64.8 Å². The lowest BCUT2D eigenvalue weighted by Gasteiger charge is -2.11. The van der Waals surface area contributed by atoms with Gasteiger partial charge in [0.05, 0.1) is 0 Å². The van der Waals surface area contributed by atoms with Gasteiger partial charge in [-0.15, -0.1) is 0 Å². The van der Waals surface area contributed by atoms with Gasteiger partial charge >= 0.3 is 0 Å². The van der Waals surface area contributed by atoms with Gasteiger partial charge < -0.3 is 10.6 Å². The van der Waals surface area contributed by atoms with Gasteiger partial charge in [0.1, 0.15) is 17.5 Å². The van der Waals surface area contributed by atoms with Gasteiger partial charge in [0.2, 0.25) is 0 Å². The molecule has 0 fully saturated rings. The van der Waals surface area contributed by atoms with E-state index in [4.69, 9.17) is 0 Å². The van der Waals surface area contributed by atoms with E-state index in [0.717, 1.165) is 36.8 Å². The Hall–Kier alpha value is -2.10. The van der Waals surface area contributed by atoms with Crippen LogP contribution >= 0.6 is 0 Å². The third-order valence-electron chi connectivity index (χ3n) is 3.31. The molecule has 0 aliphatic carbocycles. The number of aryl methyl sites for hydroxylation is 1. The number of aromatic nitrogens is 2. The summed E-state index contributed by atoms with van der Waals surface area (Å²) < 4.78 is 0. The van der Waals surface area contributed by atoms with Crippen molar-refractivity contribution in [3.63, 3.8) is 0 Å². The molecule has 0 radical (unpaired) electrons. The van der Waals surface area contributed by atoms with E-state index < -0.39 is 0 Å². The molecule has 0 saturated heterocycles. The molecule has 1 heterocycles. The van der Waals surface area contributed by atoms with Crippen molar-refractivity contribution in [3.8, 4) is 0 Å². The Morgan fingerprint density at radius 3 is 2.43 bits per heavy atom. The third kappa shape index (κ3) is 4.74. The van der Waals surface area contributed by atoms with Crippen LogP contribution in [0.4, 0.5) is 11.6 Å². The van der Waals surface area contributed by atoms with E-state index in [9.17, 15) is 0 Å². The Morgan fingerprint density at radius 1 is 1.05 bits per heavy atom. The Labute approximate surface area is 127 Å². The molecule has 21 heavy (non-hydrogen) atoms. The predicted molar refractivity (Wildman–Crippen MR) is 88.9 cm³/mol. The summed E-state index contributed by atoms with van der Waals surface area (Å²) in [5, 5.41) is 6.48. The Bertz CT molecular complexity index is 552. The summed E-state index contributed by atoms with van der Waals surface area (Å²) in [4.78, 5) is 9.03. The van der Waals surface area contributed by atoms with Crippen molar-refractivity contribution in [2.75, 3.05) is 24.2 Å². The first kappa shape index (κ1) is 15.3. The second-order valence-corrected chi connectivity index (χ2v) is 5.42. The first-order valence-electron chi connectivity index (χ1n) is 7.53. The van der Waals surface area contributed by atoms with Gasteiger partial charge in [-0.1, -0.05) is 44.2 Å². The van der Waals surface area contributed by atoms with Gasteiger partial charge in [-0.2, -0.15) is 0 Å². The monoisotopic (exact) mass is 284 g/mol. The number of nitrogens with one attached hydrogen (secondary N) is 2. The molecule has 1 aromatic heterocycles. The molecule has 4 heteroatoms. The maximum absolute atomic E-state index is 4.56. The molecule has 112 valence electrons. The van der Waals surface area contributed by atoms with Crippen LogP contribution in [0.3, 0.4) is 0 Å². The minimum atomic E-state index is 0.322. The van der Waals surface area contributed by atoms with Crippen LogP contribution in [0.5, 0.6) is 0 Å². The Morgan fingerprint density at radius 2 is 1.76 bits per heavy atom. The van der Waals surface area contributed by atoms with Gasteiger partial charge in [-0.3, -0.25) is 0 Å². The first-order chi connectivity index (χ1) is 10.2. The highest BCUT2D eigenvalue weighted by Crippen LogP contribution is 2.16. The summed E-state index contributed by atoms with van der Waals surface area (Å²) >= 11 is 0. The number of rotatable bonds is 7. The van der Waals surface area contributed by atoms with Gasteiger partial charge in [0.15, 0.2) is 0 Å². The smallest absolute Gasteiger partial charge is 0.135 e. The van der Waals surface area contributed by atoms with Crippen LogP contribution in [0.15, 0.2) is 36.4 Å². The number of benzene rings is 1. The average Bonchev–Trinajstić information content (AvgIpc) is 2.52. The van der Waals surface area contributed by atoms with Gasteiger partial charge in [0.25, 0.3) is 0 Å². The summed E-state index contributed by atoms with van der Waals surface area (Å²) in [6, 6.07) is 12.5. The molecular formula is C17H24N4. The maximum atomic E-state index is 4.56. The zero-order chi connectivity index (χ0) is 15.1.